The van der Waals surface area contributed by atoms with Crippen molar-refractivity contribution in [2.75, 3.05) is 21.1 Å². The van der Waals surface area contributed by atoms with Crippen molar-refractivity contribution in [3.63, 3.8) is 0 Å². The maximum absolute atomic E-state index is 11.6. The van der Waals surface area contributed by atoms with Crippen LogP contribution in [0.5, 0.6) is 0 Å². The molecule has 2 N–H and O–H groups in total. The van der Waals surface area contributed by atoms with Crippen LogP contribution in [0.3, 0.4) is 0 Å². The van der Waals surface area contributed by atoms with Gasteiger partial charge in [0.05, 0.1) is 11.7 Å². The second-order valence-electron chi connectivity index (χ2n) is 11.0. The van der Waals surface area contributed by atoms with Gasteiger partial charge < -0.3 is 30.9 Å². The third-order valence-electron chi connectivity index (χ3n) is 9.08. The number of hydrogen-bond acceptors (Lipinski definition) is 3. The lowest BCUT2D eigenvalue weighted by molar-refractivity contribution is -0.194. The van der Waals surface area contributed by atoms with Crippen LogP contribution in [0.4, 0.5) is 0 Å². The molecule has 0 aromatic rings. The first kappa shape index (κ1) is 23.4. The van der Waals surface area contributed by atoms with E-state index in [0.29, 0.717) is 6.42 Å². The SMILES string of the molecule is C[N-]C(C)(C)[C@@H]1CC[C@](C)([C@@H]2[C@H]3[C@H](O)[C@@](C)([N-]C)CC[C@@H]3[C@@](C)([N-]C)C[C@@H]2O)O1. The van der Waals surface area contributed by atoms with Crippen LogP contribution in [0.15, 0.2) is 0 Å². The van der Waals surface area contributed by atoms with Gasteiger partial charge in [0.15, 0.2) is 0 Å². The minimum Gasteiger partial charge on any atom is -0.659 e. The van der Waals surface area contributed by atoms with Crippen LogP contribution in [0.1, 0.15) is 66.7 Å². The number of rotatable bonds is 5. The Balaban J connectivity index is 1.99. The fourth-order valence-electron chi connectivity index (χ4n) is 6.62. The summed E-state index contributed by atoms with van der Waals surface area (Å²) >= 11 is 0. The van der Waals surface area contributed by atoms with Crippen molar-refractivity contribution in [2.24, 2.45) is 17.8 Å². The second-order valence-corrected chi connectivity index (χ2v) is 11.0. The lowest BCUT2D eigenvalue weighted by atomic mass is 9.50. The molecule has 3 rings (SSSR count). The zero-order valence-electron chi connectivity index (χ0n) is 19.6. The summed E-state index contributed by atoms with van der Waals surface area (Å²) in [4.78, 5) is 0. The van der Waals surface area contributed by atoms with Crippen molar-refractivity contribution in [1.82, 2.24) is 0 Å². The van der Waals surface area contributed by atoms with E-state index in [1.807, 2.05) is 21.0 Å². The summed E-state index contributed by atoms with van der Waals surface area (Å²) < 4.78 is 6.69. The van der Waals surface area contributed by atoms with Gasteiger partial charge in [-0.05, 0) is 38.0 Å². The Morgan fingerprint density at radius 3 is 2.10 bits per heavy atom. The highest BCUT2D eigenvalue weighted by Crippen LogP contribution is 2.59. The van der Waals surface area contributed by atoms with Crippen LogP contribution in [0, 0.1) is 17.8 Å². The van der Waals surface area contributed by atoms with Gasteiger partial charge in [0.1, 0.15) is 0 Å². The van der Waals surface area contributed by atoms with E-state index in [4.69, 9.17) is 10.1 Å². The van der Waals surface area contributed by atoms with Gasteiger partial charge in [-0.25, -0.2) is 0 Å². The summed E-state index contributed by atoms with van der Waals surface area (Å²) in [6, 6.07) is 0. The summed E-state index contributed by atoms with van der Waals surface area (Å²) in [5.41, 5.74) is -1.57. The molecule has 2 saturated carbocycles. The second kappa shape index (κ2) is 7.72. The minimum absolute atomic E-state index is 0.0234. The Morgan fingerprint density at radius 1 is 0.931 bits per heavy atom. The van der Waals surface area contributed by atoms with Crippen LogP contribution in [0.25, 0.3) is 16.0 Å². The fraction of sp³-hybridized carbons (Fsp3) is 1.00. The quantitative estimate of drug-likeness (QED) is 0.720. The topological polar surface area (TPSA) is 92.0 Å². The zero-order valence-corrected chi connectivity index (χ0v) is 19.6. The normalized spacial score (nSPS) is 51.1. The molecule has 2 aliphatic carbocycles. The van der Waals surface area contributed by atoms with Crippen LogP contribution in [-0.2, 0) is 4.74 Å². The maximum atomic E-state index is 11.6. The van der Waals surface area contributed by atoms with Crippen LogP contribution in [-0.4, -0.2) is 71.9 Å². The van der Waals surface area contributed by atoms with Crippen molar-refractivity contribution in [3.05, 3.63) is 16.0 Å². The Bertz CT molecular complexity index is 602. The molecule has 0 amide bonds. The summed E-state index contributed by atoms with van der Waals surface area (Å²) in [5, 5.41) is 36.8. The largest absolute Gasteiger partial charge is 0.659 e. The van der Waals surface area contributed by atoms with Gasteiger partial charge in [-0.3, -0.25) is 0 Å². The lowest BCUT2D eigenvalue weighted by Crippen LogP contribution is -2.66. The van der Waals surface area contributed by atoms with E-state index in [2.05, 4.69) is 38.3 Å². The summed E-state index contributed by atoms with van der Waals surface area (Å²) in [5.74, 6) is -0.0224. The number of hydrogen-bond donors (Lipinski definition) is 2. The van der Waals surface area contributed by atoms with E-state index < -0.39 is 23.3 Å². The number of likely N-dealkylation sites (N-methyl/N-ethyl adjacent to an activating group) is 2. The highest BCUT2D eigenvalue weighted by molar-refractivity contribution is 5.23. The molecule has 0 aromatic heterocycles. The molecular formula is C23H42N3O3-3. The molecule has 0 unspecified atom stereocenters. The number of nitrogens with zero attached hydrogens (tertiary/aromatic N) is 3. The molecule has 0 aromatic carbocycles. The van der Waals surface area contributed by atoms with Gasteiger partial charge in [-0.1, -0.05) is 46.1 Å². The summed E-state index contributed by atoms with van der Waals surface area (Å²) in [6.07, 6.45) is 3.06. The molecule has 170 valence electrons. The van der Waals surface area contributed by atoms with E-state index in [1.54, 1.807) is 7.05 Å². The standard InChI is InChI=1S/C23H42N3O3/c1-20(2,24-6)16-10-12-23(5,29-16)18-15(27)13-22(4,26-8)14-9-11-21(3,25-7)19(28)17(14)18/h14-19,27-28H,9-13H2,1-8H3/q-3/t14-,15-,16-,17-,18-,19-,21-,22-,23+/m0/s1. The molecule has 1 saturated heterocycles. The van der Waals surface area contributed by atoms with E-state index in [1.165, 1.54) is 0 Å². The summed E-state index contributed by atoms with van der Waals surface area (Å²) in [7, 11) is 5.50. The van der Waals surface area contributed by atoms with Gasteiger partial charge in [0, 0.05) is 18.1 Å². The van der Waals surface area contributed by atoms with Crippen molar-refractivity contribution in [3.8, 4) is 0 Å². The third kappa shape index (κ3) is 3.68. The molecule has 29 heavy (non-hydrogen) atoms. The predicted molar refractivity (Wildman–Crippen MR) is 118 cm³/mol. The smallest absolute Gasteiger partial charge is 0.0715 e. The fourth-order valence-corrected chi connectivity index (χ4v) is 6.62. The van der Waals surface area contributed by atoms with Crippen molar-refractivity contribution >= 4 is 0 Å². The molecule has 0 spiro atoms. The molecule has 1 heterocycles. The molecule has 0 bridgehead atoms. The van der Waals surface area contributed by atoms with Crippen LogP contribution < -0.4 is 0 Å². The Kier molecular flexibility index (Phi) is 6.23. The number of aliphatic hydroxyl groups is 2. The van der Waals surface area contributed by atoms with Gasteiger partial charge >= 0.3 is 0 Å². The van der Waals surface area contributed by atoms with Crippen LogP contribution in [0.2, 0.25) is 0 Å². The Morgan fingerprint density at radius 2 is 1.55 bits per heavy atom. The number of ether oxygens (including phenoxy) is 1. The lowest BCUT2D eigenvalue weighted by Gasteiger charge is -2.68. The molecular weight excluding hydrogens is 366 g/mol. The Hall–Kier alpha value is -0.240. The molecule has 0 radical (unpaired) electrons. The Labute approximate surface area is 177 Å². The van der Waals surface area contributed by atoms with Gasteiger partial charge in [0.25, 0.3) is 0 Å². The average Bonchev–Trinajstić information content (AvgIpc) is 3.08. The first-order valence-corrected chi connectivity index (χ1v) is 11.2. The monoisotopic (exact) mass is 408 g/mol. The van der Waals surface area contributed by atoms with Crippen molar-refractivity contribution < 1.29 is 14.9 Å². The molecule has 6 heteroatoms. The van der Waals surface area contributed by atoms with E-state index >= 15 is 0 Å². The zero-order chi connectivity index (χ0) is 21.8. The molecule has 3 aliphatic rings. The van der Waals surface area contributed by atoms with Gasteiger partial charge in [0.2, 0.25) is 0 Å². The number of aliphatic hydroxyl groups excluding tert-OH is 2. The van der Waals surface area contributed by atoms with Gasteiger partial charge in [-0.2, -0.15) is 21.1 Å². The maximum Gasteiger partial charge on any atom is 0.0715 e. The van der Waals surface area contributed by atoms with Crippen molar-refractivity contribution in [2.45, 2.75) is 107 Å². The minimum atomic E-state index is -0.615. The summed E-state index contributed by atoms with van der Waals surface area (Å²) in [6.45, 7) is 10.5. The highest BCUT2D eigenvalue weighted by atomic mass is 16.5. The molecule has 1 aliphatic heterocycles. The molecule has 3 fully saturated rings. The number of fused-ring (bicyclic) bond motifs is 1. The predicted octanol–water partition coefficient (Wildman–Crippen LogP) is 4.00. The third-order valence-corrected chi connectivity index (χ3v) is 9.08. The average molecular weight is 409 g/mol. The van der Waals surface area contributed by atoms with E-state index in [0.717, 1.165) is 25.7 Å². The van der Waals surface area contributed by atoms with Crippen molar-refractivity contribution in [1.29, 1.82) is 0 Å². The van der Waals surface area contributed by atoms with E-state index in [-0.39, 0.29) is 34.9 Å². The molecule has 6 nitrogen and oxygen atoms in total. The van der Waals surface area contributed by atoms with Crippen LogP contribution >= 0.6 is 0 Å². The molecule has 9 atom stereocenters. The van der Waals surface area contributed by atoms with Gasteiger partial charge in [-0.15, -0.1) is 11.1 Å². The highest BCUT2D eigenvalue weighted by Gasteiger charge is 2.59. The van der Waals surface area contributed by atoms with E-state index in [9.17, 15) is 10.2 Å². The first-order chi connectivity index (χ1) is 13.4. The first-order valence-electron chi connectivity index (χ1n) is 11.2.